The van der Waals surface area contributed by atoms with Crippen LogP contribution in [0.4, 0.5) is 10.8 Å². The molecule has 1 amide bonds. The van der Waals surface area contributed by atoms with Crippen molar-refractivity contribution >= 4 is 54.3 Å². The third kappa shape index (κ3) is 4.03. The third-order valence-corrected chi connectivity index (χ3v) is 6.01. The summed E-state index contributed by atoms with van der Waals surface area (Å²) in [5.74, 6) is -0.280. The van der Waals surface area contributed by atoms with Crippen LogP contribution in [-0.2, 0) is 11.3 Å². The first-order chi connectivity index (χ1) is 13.1. The molecular formula is C18H18BrN5O2S. The SMILES string of the molecule is O=C(Cn1cnc2nc(N3CCCCC3)sc2c1=O)Nc1cccc(Br)c1. The highest BCUT2D eigenvalue weighted by atomic mass is 79.9. The van der Waals surface area contributed by atoms with E-state index in [0.717, 1.165) is 35.5 Å². The summed E-state index contributed by atoms with van der Waals surface area (Å²) in [7, 11) is 0. The van der Waals surface area contributed by atoms with Gasteiger partial charge < -0.3 is 10.2 Å². The number of nitrogens with one attached hydrogen (secondary N) is 1. The molecule has 0 radical (unpaired) electrons. The molecule has 0 unspecified atom stereocenters. The molecule has 7 nitrogen and oxygen atoms in total. The van der Waals surface area contributed by atoms with E-state index in [0.29, 0.717) is 16.0 Å². The van der Waals surface area contributed by atoms with Gasteiger partial charge in [0.25, 0.3) is 5.56 Å². The molecule has 1 N–H and O–H groups in total. The van der Waals surface area contributed by atoms with E-state index in [2.05, 4.69) is 36.1 Å². The van der Waals surface area contributed by atoms with E-state index in [1.54, 1.807) is 12.1 Å². The molecule has 140 valence electrons. The summed E-state index contributed by atoms with van der Waals surface area (Å²) in [5, 5.41) is 3.63. The molecule has 0 aliphatic carbocycles. The van der Waals surface area contributed by atoms with Gasteiger partial charge in [0.15, 0.2) is 10.8 Å². The predicted molar refractivity (Wildman–Crippen MR) is 111 cm³/mol. The first-order valence-corrected chi connectivity index (χ1v) is 10.4. The van der Waals surface area contributed by atoms with Crippen LogP contribution < -0.4 is 15.8 Å². The number of rotatable bonds is 4. The normalized spacial score (nSPS) is 14.5. The molecule has 0 bridgehead atoms. The Balaban J connectivity index is 1.54. The first kappa shape index (κ1) is 18.1. The number of anilines is 2. The Kier molecular flexibility index (Phi) is 5.22. The van der Waals surface area contributed by atoms with Crippen LogP contribution in [0.5, 0.6) is 0 Å². The number of thiazole rings is 1. The quantitative estimate of drug-likeness (QED) is 0.663. The summed E-state index contributed by atoms with van der Waals surface area (Å²) >= 11 is 4.73. The first-order valence-electron chi connectivity index (χ1n) is 8.76. The summed E-state index contributed by atoms with van der Waals surface area (Å²) in [6.07, 6.45) is 4.91. The predicted octanol–water partition coefficient (Wildman–Crippen LogP) is 3.24. The van der Waals surface area contributed by atoms with Gasteiger partial charge in [-0.3, -0.25) is 14.2 Å². The number of aromatic nitrogens is 3. The van der Waals surface area contributed by atoms with Gasteiger partial charge in [0.05, 0.1) is 0 Å². The summed E-state index contributed by atoms with van der Waals surface area (Å²) in [6, 6.07) is 7.30. The van der Waals surface area contributed by atoms with E-state index in [1.165, 1.54) is 28.7 Å². The minimum Gasteiger partial charge on any atom is -0.348 e. The molecule has 0 saturated carbocycles. The van der Waals surface area contributed by atoms with Crippen molar-refractivity contribution < 1.29 is 4.79 Å². The Hall–Kier alpha value is -2.26. The van der Waals surface area contributed by atoms with Crippen molar-refractivity contribution in [1.29, 1.82) is 0 Å². The minimum absolute atomic E-state index is 0.0920. The molecule has 1 fully saturated rings. The van der Waals surface area contributed by atoms with Crippen LogP contribution in [0.15, 0.2) is 39.9 Å². The number of carbonyl (C=O) groups excluding carboxylic acids is 1. The van der Waals surface area contributed by atoms with Crippen LogP contribution in [-0.4, -0.2) is 33.5 Å². The monoisotopic (exact) mass is 447 g/mol. The summed E-state index contributed by atoms with van der Waals surface area (Å²) in [4.78, 5) is 36.1. The highest BCUT2D eigenvalue weighted by Gasteiger charge is 2.18. The largest absolute Gasteiger partial charge is 0.348 e. The number of fused-ring (bicyclic) bond motifs is 1. The average Bonchev–Trinajstić information content (AvgIpc) is 3.10. The Morgan fingerprint density at radius 2 is 2.07 bits per heavy atom. The molecule has 3 heterocycles. The molecule has 4 rings (SSSR count). The molecule has 3 aromatic rings. The van der Waals surface area contributed by atoms with Crippen LogP contribution in [0, 0.1) is 0 Å². The van der Waals surface area contributed by atoms with Gasteiger partial charge in [-0.05, 0) is 37.5 Å². The summed E-state index contributed by atoms with van der Waals surface area (Å²) in [6.45, 7) is 1.83. The fourth-order valence-corrected chi connectivity index (χ4v) is 4.51. The number of piperidine rings is 1. The van der Waals surface area contributed by atoms with Gasteiger partial charge in [-0.25, -0.2) is 4.98 Å². The second kappa shape index (κ2) is 7.77. The van der Waals surface area contributed by atoms with E-state index in [4.69, 9.17) is 0 Å². The van der Waals surface area contributed by atoms with Crippen LogP contribution >= 0.6 is 27.3 Å². The van der Waals surface area contributed by atoms with Crippen molar-refractivity contribution in [3.63, 3.8) is 0 Å². The fourth-order valence-electron chi connectivity index (χ4n) is 3.09. The Morgan fingerprint density at radius 1 is 1.26 bits per heavy atom. The van der Waals surface area contributed by atoms with Gasteiger partial charge in [-0.15, -0.1) is 0 Å². The molecule has 0 atom stereocenters. The molecule has 1 aliphatic rings. The third-order valence-electron chi connectivity index (χ3n) is 4.42. The van der Waals surface area contributed by atoms with Crippen molar-refractivity contribution in [3.8, 4) is 0 Å². The maximum Gasteiger partial charge on any atom is 0.273 e. The van der Waals surface area contributed by atoms with Crippen molar-refractivity contribution in [2.45, 2.75) is 25.8 Å². The number of hydrogen-bond acceptors (Lipinski definition) is 6. The lowest BCUT2D eigenvalue weighted by Gasteiger charge is -2.25. The lowest BCUT2D eigenvalue weighted by Crippen LogP contribution is -2.29. The molecule has 27 heavy (non-hydrogen) atoms. The van der Waals surface area contributed by atoms with Crippen LogP contribution in [0.1, 0.15) is 19.3 Å². The van der Waals surface area contributed by atoms with Gasteiger partial charge in [0.1, 0.15) is 17.6 Å². The topological polar surface area (TPSA) is 80.1 Å². The summed E-state index contributed by atoms with van der Waals surface area (Å²) in [5.41, 5.74) is 0.890. The Morgan fingerprint density at radius 3 is 2.85 bits per heavy atom. The van der Waals surface area contributed by atoms with Crippen LogP contribution in [0.2, 0.25) is 0 Å². The second-order valence-electron chi connectivity index (χ2n) is 6.43. The number of benzene rings is 1. The van der Waals surface area contributed by atoms with E-state index in [1.807, 2.05) is 12.1 Å². The molecular weight excluding hydrogens is 430 g/mol. The number of nitrogens with zero attached hydrogens (tertiary/aromatic N) is 4. The van der Waals surface area contributed by atoms with Crippen molar-refractivity contribution in [3.05, 3.63) is 45.4 Å². The highest BCUT2D eigenvalue weighted by Crippen LogP contribution is 2.27. The molecule has 0 spiro atoms. The van der Waals surface area contributed by atoms with Crippen molar-refractivity contribution in [1.82, 2.24) is 14.5 Å². The van der Waals surface area contributed by atoms with Gasteiger partial charge in [0.2, 0.25) is 5.91 Å². The average molecular weight is 448 g/mol. The Labute approximate surface area is 168 Å². The van der Waals surface area contributed by atoms with Crippen LogP contribution in [0.3, 0.4) is 0 Å². The molecule has 9 heteroatoms. The zero-order valence-electron chi connectivity index (χ0n) is 14.5. The van der Waals surface area contributed by atoms with Gasteiger partial charge in [-0.1, -0.05) is 33.3 Å². The summed E-state index contributed by atoms with van der Waals surface area (Å²) < 4.78 is 2.69. The molecule has 2 aromatic heterocycles. The van der Waals surface area contributed by atoms with Crippen molar-refractivity contribution in [2.75, 3.05) is 23.3 Å². The van der Waals surface area contributed by atoms with Gasteiger partial charge >= 0.3 is 0 Å². The zero-order chi connectivity index (χ0) is 18.8. The molecule has 1 aliphatic heterocycles. The van der Waals surface area contributed by atoms with Crippen molar-refractivity contribution in [2.24, 2.45) is 0 Å². The van der Waals surface area contributed by atoms with Gasteiger partial charge in [0, 0.05) is 23.2 Å². The molecule has 1 aromatic carbocycles. The van der Waals surface area contributed by atoms with E-state index in [-0.39, 0.29) is 18.0 Å². The number of carbonyl (C=O) groups is 1. The Bertz CT molecular complexity index is 1040. The number of hydrogen-bond donors (Lipinski definition) is 1. The second-order valence-corrected chi connectivity index (χ2v) is 8.33. The standard InChI is InChI=1S/C18H18BrN5O2S/c19-12-5-4-6-13(9-12)21-14(25)10-24-11-20-16-15(17(24)26)27-18(22-16)23-7-2-1-3-8-23/h4-6,9,11H,1-3,7-8,10H2,(H,21,25). The maximum absolute atomic E-state index is 12.8. The maximum atomic E-state index is 12.8. The number of halogens is 1. The van der Waals surface area contributed by atoms with Gasteiger partial charge in [-0.2, -0.15) is 4.98 Å². The van der Waals surface area contributed by atoms with E-state index < -0.39 is 0 Å². The van der Waals surface area contributed by atoms with Crippen LogP contribution in [0.25, 0.3) is 10.3 Å². The van der Waals surface area contributed by atoms with E-state index in [9.17, 15) is 9.59 Å². The lowest BCUT2D eigenvalue weighted by molar-refractivity contribution is -0.116. The van der Waals surface area contributed by atoms with E-state index >= 15 is 0 Å². The lowest BCUT2D eigenvalue weighted by atomic mass is 10.1. The minimum atomic E-state index is -0.280. The molecule has 1 saturated heterocycles. The fraction of sp³-hybridized carbons (Fsp3) is 0.333. The highest BCUT2D eigenvalue weighted by molar-refractivity contribution is 9.10. The number of amides is 1. The zero-order valence-corrected chi connectivity index (χ0v) is 16.9. The smallest absolute Gasteiger partial charge is 0.273 e.